The highest BCUT2D eigenvalue weighted by atomic mass is 16.3. The molecule has 0 saturated carbocycles. The van der Waals surface area contributed by atoms with Crippen molar-refractivity contribution in [2.24, 2.45) is 7.05 Å². The third-order valence-corrected chi connectivity index (χ3v) is 2.02. The molecule has 0 bridgehead atoms. The van der Waals surface area contributed by atoms with E-state index in [9.17, 15) is 0 Å². The first kappa shape index (κ1) is 9.26. The number of hydrogen-bond donors (Lipinski definition) is 1. The molecule has 0 aliphatic carbocycles. The number of aryl methyl sites for hydroxylation is 2. The Bertz CT molecular complexity index is 243. The van der Waals surface area contributed by atoms with Gasteiger partial charge in [0, 0.05) is 0 Å². The van der Waals surface area contributed by atoms with Crippen LogP contribution in [0.4, 0.5) is 0 Å². The van der Waals surface area contributed by atoms with E-state index in [4.69, 9.17) is 5.11 Å². The Morgan fingerprint density at radius 3 is 2.83 bits per heavy atom. The number of aliphatic hydroxyl groups is 1. The van der Waals surface area contributed by atoms with Gasteiger partial charge in [-0.1, -0.05) is 13.3 Å². The number of rotatable bonds is 4. The molecule has 3 nitrogen and oxygen atoms in total. The quantitative estimate of drug-likeness (QED) is 0.657. The summed E-state index contributed by atoms with van der Waals surface area (Å²) in [6.07, 6.45) is 6.41. The second-order valence-electron chi connectivity index (χ2n) is 3.10. The van der Waals surface area contributed by atoms with E-state index in [0.29, 0.717) is 0 Å². The van der Waals surface area contributed by atoms with Crippen LogP contribution in [0.15, 0.2) is 12.5 Å². The summed E-state index contributed by atoms with van der Waals surface area (Å²) in [5, 5.41) is 8.92. The Labute approximate surface area is 73.3 Å². The van der Waals surface area contributed by atoms with Crippen molar-refractivity contribution in [3.8, 4) is 0 Å². The Balaban J connectivity index is 2.62. The predicted octanol–water partition coefficient (Wildman–Crippen LogP) is 0.605. The van der Waals surface area contributed by atoms with Gasteiger partial charge in [-0.3, -0.25) is 0 Å². The van der Waals surface area contributed by atoms with Crippen LogP contribution in [-0.2, 0) is 20.2 Å². The first-order valence-corrected chi connectivity index (χ1v) is 4.43. The SMILES string of the molecule is CCCC[n+]1cc(CO)n(C)c1. The van der Waals surface area contributed by atoms with Gasteiger partial charge in [0.1, 0.15) is 12.8 Å². The van der Waals surface area contributed by atoms with Crippen molar-refractivity contribution < 1.29 is 9.67 Å². The molecule has 1 N–H and O–H groups in total. The van der Waals surface area contributed by atoms with Gasteiger partial charge in [0.15, 0.2) is 5.69 Å². The minimum absolute atomic E-state index is 0.121. The van der Waals surface area contributed by atoms with E-state index < -0.39 is 0 Å². The summed E-state index contributed by atoms with van der Waals surface area (Å²) in [6.45, 7) is 3.34. The van der Waals surface area contributed by atoms with E-state index in [2.05, 4.69) is 11.5 Å². The molecular weight excluding hydrogens is 152 g/mol. The van der Waals surface area contributed by atoms with Crippen LogP contribution in [-0.4, -0.2) is 9.67 Å². The number of imidazole rings is 1. The topological polar surface area (TPSA) is 29.0 Å². The van der Waals surface area contributed by atoms with E-state index in [1.165, 1.54) is 12.8 Å². The molecule has 68 valence electrons. The highest BCUT2D eigenvalue weighted by Gasteiger charge is 2.07. The maximum Gasteiger partial charge on any atom is 0.243 e. The maximum absolute atomic E-state index is 8.92. The van der Waals surface area contributed by atoms with Crippen LogP contribution in [0.3, 0.4) is 0 Å². The molecule has 1 aromatic heterocycles. The highest BCUT2D eigenvalue weighted by Crippen LogP contribution is 1.94. The summed E-state index contributed by atoms with van der Waals surface area (Å²) < 4.78 is 4.07. The third-order valence-electron chi connectivity index (χ3n) is 2.02. The van der Waals surface area contributed by atoms with Gasteiger partial charge >= 0.3 is 0 Å². The average molecular weight is 169 g/mol. The normalized spacial score (nSPS) is 10.6. The zero-order valence-corrected chi connectivity index (χ0v) is 7.82. The molecule has 0 aliphatic heterocycles. The van der Waals surface area contributed by atoms with Crippen LogP contribution in [0.5, 0.6) is 0 Å². The van der Waals surface area contributed by atoms with Gasteiger partial charge in [-0.25, -0.2) is 9.13 Å². The lowest BCUT2D eigenvalue weighted by Crippen LogP contribution is -2.30. The predicted molar refractivity (Wildman–Crippen MR) is 46.4 cm³/mol. The van der Waals surface area contributed by atoms with Crippen molar-refractivity contribution in [3.63, 3.8) is 0 Å². The number of aromatic nitrogens is 2. The zero-order chi connectivity index (χ0) is 8.97. The van der Waals surface area contributed by atoms with Crippen LogP contribution >= 0.6 is 0 Å². The standard InChI is InChI=1S/C9H17N2O/c1-3-4-5-11-6-9(7-12)10(2)8-11/h6,8,12H,3-5,7H2,1-2H3/q+1. The molecule has 12 heavy (non-hydrogen) atoms. The lowest BCUT2D eigenvalue weighted by atomic mass is 10.3. The molecule has 0 spiro atoms. The number of nitrogens with zero attached hydrogens (tertiary/aromatic N) is 2. The average Bonchev–Trinajstić information content (AvgIpc) is 2.43. The summed E-state index contributed by atoms with van der Waals surface area (Å²) in [4.78, 5) is 0. The molecule has 0 saturated heterocycles. The molecular formula is C9H17N2O+. The van der Waals surface area contributed by atoms with E-state index in [1.54, 1.807) is 0 Å². The summed E-state index contributed by atoms with van der Waals surface area (Å²) in [5.74, 6) is 0. The third kappa shape index (κ3) is 2.08. The monoisotopic (exact) mass is 169 g/mol. The minimum atomic E-state index is 0.121. The van der Waals surface area contributed by atoms with Crippen molar-refractivity contribution in [3.05, 3.63) is 18.2 Å². The Morgan fingerprint density at radius 1 is 1.58 bits per heavy atom. The molecule has 1 heterocycles. The molecule has 1 rings (SSSR count). The number of unbranched alkanes of at least 4 members (excludes halogenated alkanes) is 1. The van der Waals surface area contributed by atoms with Gasteiger partial charge in [0.2, 0.25) is 6.33 Å². The Hall–Kier alpha value is -0.830. The van der Waals surface area contributed by atoms with Crippen molar-refractivity contribution in [1.82, 2.24) is 4.57 Å². The molecule has 0 aromatic carbocycles. The number of hydrogen-bond acceptors (Lipinski definition) is 1. The molecule has 0 aliphatic rings. The van der Waals surface area contributed by atoms with E-state index in [-0.39, 0.29) is 6.61 Å². The van der Waals surface area contributed by atoms with E-state index >= 15 is 0 Å². The highest BCUT2D eigenvalue weighted by molar-refractivity contribution is 4.89. The molecule has 1 aromatic rings. The van der Waals surface area contributed by atoms with Crippen molar-refractivity contribution >= 4 is 0 Å². The van der Waals surface area contributed by atoms with E-state index in [1.807, 2.05) is 24.1 Å². The van der Waals surface area contributed by atoms with Crippen LogP contribution in [0, 0.1) is 0 Å². The van der Waals surface area contributed by atoms with Gasteiger partial charge in [-0.05, 0) is 6.42 Å². The zero-order valence-electron chi connectivity index (χ0n) is 7.82. The minimum Gasteiger partial charge on any atom is -0.388 e. The fraction of sp³-hybridized carbons (Fsp3) is 0.667. The Morgan fingerprint density at radius 2 is 2.33 bits per heavy atom. The largest absolute Gasteiger partial charge is 0.388 e. The fourth-order valence-corrected chi connectivity index (χ4v) is 1.23. The van der Waals surface area contributed by atoms with Gasteiger partial charge in [-0.2, -0.15) is 0 Å². The number of aliphatic hydroxyl groups excluding tert-OH is 1. The van der Waals surface area contributed by atoms with Crippen molar-refractivity contribution in [1.29, 1.82) is 0 Å². The molecule has 0 amide bonds. The summed E-state index contributed by atoms with van der Waals surface area (Å²) in [5.41, 5.74) is 0.964. The van der Waals surface area contributed by atoms with Crippen LogP contribution in [0.1, 0.15) is 25.5 Å². The van der Waals surface area contributed by atoms with Crippen molar-refractivity contribution in [2.75, 3.05) is 0 Å². The van der Waals surface area contributed by atoms with E-state index in [0.717, 1.165) is 12.2 Å². The lowest BCUT2D eigenvalue weighted by Gasteiger charge is -1.90. The van der Waals surface area contributed by atoms with Gasteiger partial charge in [0.05, 0.1) is 13.6 Å². The molecule has 3 heteroatoms. The first-order chi connectivity index (χ1) is 5.77. The van der Waals surface area contributed by atoms with Crippen molar-refractivity contribution in [2.45, 2.75) is 32.9 Å². The van der Waals surface area contributed by atoms with Gasteiger partial charge in [-0.15, -0.1) is 0 Å². The van der Waals surface area contributed by atoms with Gasteiger partial charge < -0.3 is 5.11 Å². The fourth-order valence-electron chi connectivity index (χ4n) is 1.23. The van der Waals surface area contributed by atoms with Crippen LogP contribution in [0.25, 0.3) is 0 Å². The first-order valence-electron chi connectivity index (χ1n) is 4.43. The molecule has 0 atom stereocenters. The molecule has 0 fully saturated rings. The molecule has 0 radical (unpaired) electrons. The second kappa shape index (κ2) is 4.26. The summed E-state index contributed by atoms with van der Waals surface area (Å²) in [6, 6.07) is 0. The smallest absolute Gasteiger partial charge is 0.243 e. The Kier molecular flexibility index (Phi) is 3.29. The second-order valence-corrected chi connectivity index (χ2v) is 3.10. The lowest BCUT2D eigenvalue weighted by molar-refractivity contribution is -0.697. The maximum atomic E-state index is 8.92. The summed E-state index contributed by atoms with van der Waals surface area (Å²) in [7, 11) is 1.95. The van der Waals surface area contributed by atoms with Crippen LogP contribution in [0.2, 0.25) is 0 Å². The molecule has 0 unspecified atom stereocenters. The van der Waals surface area contributed by atoms with Gasteiger partial charge in [0.25, 0.3) is 0 Å². The summed E-state index contributed by atoms with van der Waals surface area (Å²) >= 11 is 0. The van der Waals surface area contributed by atoms with Crippen LogP contribution < -0.4 is 4.57 Å².